The monoisotopic (exact) mass is 323 g/mol. The Morgan fingerprint density at radius 1 is 1.14 bits per heavy atom. The molecule has 21 heavy (non-hydrogen) atoms. The van der Waals surface area contributed by atoms with Crippen LogP contribution < -0.4 is 5.32 Å². The molecule has 116 valence electrons. The Bertz CT molecular complexity index is 547. The van der Waals surface area contributed by atoms with Crippen LogP contribution in [0.2, 0.25) is 4.34 Å². The van der Waals surface area contributed by atoms with Crippen LogP contribution in [-0.4, -0.2) is 7.05 Å². The van der Waals surface area contributed by atoms with Crippen LogP contribution in [0, 0.1) is 22.2 Å². The lowest BCUT2D eigenvalue weighted by atomic mass is 9.39. The normalized spacial score (nSPS) is 46.0. The molecule has 1 heterocycles. The Labute approximate surface area is 137 Å². The van der Waals surface area contributed by atoms with Gasteiger partial charge in [-0.25, -0.2) is 0 Å². The molecule has 0 saturated heterocycles. The second-order valence-electron chi connectivity index (χ2n) is 8.86. The summed E-state index contributed by atoms with van der Waals surface area (Å²) in [5.41, 5.74) is 1.60. The van der Waals surface area contributed by atoms with Crippen molar-refractivity contribution in [2.45, 2.75) is 58.4 Å². The predicted molar refractivity (Wildman–Crippen MR) is 91.0 cm³/mol. The highest BCUT2D eigenvalue weighted by molar-refractivity contribution is 7.16. The molecule has 1 N–H and O–H groups in total. The molecular formula is C18H26ClNS. The molecule has 1 aromatic rings. The van der Waals surface area contributed by atoms with Crippen LogP contribution in [0.5, 0.6) is 0 Å². The van der Waals surface area contributed by atoms with Crippen molar-refractivity contribution in [1.82, 2.24) is 5.32 Å². The third-order valence-corrected chi connectivity index (χ3v) is 7.74. The zero-order valence-electron chi connectivity index (χ0n) is 13.3. The van der Waals surface area contributed by atoms with E-state index >= 15 is 0 Å². The maximum atomic E-state index is 6.21. The summed E-state index contributed by atoms with van der Waals surface area (Å²) < 4.78 is 0.924. The molecule has 0 aromatic carbocycles. The van der Waals surface area contributed by atoms with Crippen LogP contribution in [0.25, 0.3) is 0 Å². The second-order valence-corrected chi connectivity index (χ2v) is 10.6. The minimum atomic E-state index is 0.450. The Morgan fingerprint density at radius 3 is 2.29 bits per heavy atom. The Hall–Kier alpha value is -0.0500. The lowest BCUT2D eigenvalue weighted by molar-refractivity contribution is -0.157. The van der Waals surface area contributed by atoms with Gasteiger partial charge in [-0.1, -0.05) is 25.4 Å². The highest BCUT2D eigenvalue weighted by Crippen LogP contribution is 2.72. The summed E-state index contributed by atoms with van der Waals surface area (Å²) in [5, 5.41) is 3.67. The summed E-state index contributed by atoms with van der Waals surface area (Å²) >= 11 is 7.98. The van der Waals surface area contributed by atoms with Crippen LogP contribution >= 0.6 is 22.9 Å². The SMILES string of the molecule is CNC(c1ccc(Cl)s1)C12CC3CC(C)(CC(C)(C3)C1)C2. The van der Waals surface area contributed by atoms with Crippen molar-refractivity contribution >= 4 is 22.9 Å². The third-order valence-electron chi connectivity index (χ3n) is 6.45. The fourth-order valence-electron chi connectivity index (χ4n) is 7.09. The quantitative estimate of drug-likeness (QED) is 0.757. The molecule has 4 saturated carbocycles. The van der Waals surface area contributed by atoms with E-state index in [2.05, 4.69) is 38.3 Å². The lowest BCUT2D eigenvalue weighted by Crippen LogP contribution is -2.58. The number of thiophene rings is 1. The predicted octanol–water partition coefficient (Wildman–Crippen LogP) is 5.66. The first kappa shape index (κ1) is 14.5. The zero-order chi connectivity index (χ0) is 14.9. The molecule has 0 radical (unpaired) electrons. The zero-order valence-corrected chi connectivity index (χ0v) is 14.9. The van der Waals surface area contributed by atoms with Gasteiger partial charge in [-0.15, -0.1) is 11.3 Å². The van der Waals surface area contributed by atoms with Gasteiger partial charge in [0.2, 0.25) is 0 Å². The van der Waals surface area contributed by atoms with Gasteiger partial charge in [-0.05, 0) is 79.9 Å². The summed E-state index contributed by atoms with van der Waals surface area (Å²) in [4.78, 5) is 1.44. The fraction of sp³-hybridized carbons (Fsp3) is 0.778. The summed E-state index contributed by atoms with van der Waals surface area (Å²) in [6.07, 6.45) is 8.58. The Kier molecular flexibility index (Phi) is 3.11. The van der Waals surface area contributed by atoms with Crippen LogP contribution in [-0.2, 0) is 0 Å². The molecule has 5 rings (SSSR count). The van der Waals surface area contributed by atoms with Gasteiger partial charge >= 0.3 is 0 Å². The van der Waals surface area contributed by atoms with Crippen LogP contribution in [0.1, 0.15) is 63.3 Å². The first-order chi connectivity index (χ1) is 9.85. The third kappa shape index (κ3) is 2.21. The van der Waals surface area contributed by atoms with Gasteiger partial charge in [0.05, 0.1) is 4.34 Å². The van der Waals surface area contributed by atoms with Gasteiger partial charge < -0.3 is 5.32 Å². The van der Waals surface area contributed by atoms with Gasteiger partial charge in [0.1, 0.15) is 0 Å². The van der Waals surface area contributed by atoms with E-state index in [0.717, 1.165) is 10.3 Å². The van der Waals surface area contributed by atoms with Gasteiger partial charge in [-0.3, -0.25) is 0 Å². The van der Waals surface area contributed by atoms with E-state index in [1.54, 1.807) is 11.3 Å². The molecule has 4 fully saturated rings. The van der Waals surface area contributed by atoms with Crippen molar-refractivity contribution < 1.29 is 0 Å². The number of hydrogen-bond donors (Lipinski definition) is 1. The molecule has 0 amide bonds. The molecule has 0 aliphatic heterocycles. The minimum Gasteiger partial charge on any atom is -0.312 e. The topological polar surface area (TPSA) is 12.0 Å². The van der Waals surface area contributed by atoms with E-state index in [1.165, 1.54) is 43.4 Å². The number of nitrogens with one attached hydrogen (secondary N) is 1. The van der Waals surface area contributed by atoms with Gasteiger partial charge in [-0.2, -0.15) is 0 Å². The molecule has 4 bridgehead atoms. The minimum absolute atomic E-state index is 0.450. The average molecular weight is 324 g/mol. The number of rotatable bonds is 3. The summed E-state index contributed by atoms with van der Waals surface area (Å²) in [6.45, 7) is 5.11. The molecule has 4 aliphatic rings. The van der Waals surface area contributed by atoms with Crippen molar-refractivity contribution in [2.24, 2.45) is 22.2 Å². The Balaban J connectivity index is 1.75. The van der Waals surface area contributed by atoms with Crippen LogP contribution in [0.15, 0.2) is 12.1 Å². The molecule has 3 heteroatoms. The van der Waals surface area contributed by atoms with Crippen LogP contribution in [0.4, 0.5) is 0 Å². The summed E-state index contributed by atoms with van der Waals surface area (Å²) in [7, 11) is 2.14. The number of halogens is 1. The molecule has 4 aliphatic carbocycles. The summed E-state index contributed by atoms with van der Waals surface area (Å²) in [6, 6.07) is 4.80. The first-order valence-electron chi connectivity index (χ1n) is 8.28. The van der Waals surface area contributed by atoms with Gasteiger partial charge in [0.15, 0.2) is 0 Å². The van der Waals surface area contributed by atoms with Crippen molar-refractivity contribution in [3.63, 3.8) is 0 Å². The van der Waals surface area contributed by atoms with E-state index in [-0.39, 0.29) is 0 Å². The van der Waals surface area contributed by atoms with E-state index in [1.807, 2.05) is 0 Å². The smallest absolute Gasteiger partial charge is 0.0931 e. The van der Waals surface area contributed by atoms with E-state index in [9.17, 15) is 0 Å². The molecule has 1 nitrogen and oxygen atoms in total. The molecule has 3 atom stereocenters. The largest absolute Gasteiger partial charge is 0.312 e. The highest BCUT2D eigenvalue weighted by atomic mass is 35.5. The number of hydrogen-bond acceptors (Lipinski definition) is 2. The van der Waals surface area contributed by atoms with E-state index < -0.39 is 0 Å². The molecular weight excluding hydrogens is 298 g/mol. The van der Waals surface area contributed by atoms with Crippen molar-refractivity contribution in [2.75, 3.05) is 7.05 Å². The fourth-order valence-corrected chi connectivity index (χ4v) is 8.40. The molecule has 3 unspecified atom stereocenters. The lowest BCUT2D eigenvalue weighted by Gasteiger charge is -2.67. The standard InChI is InChI=1S/C18H26ClNS/c1-16-6-12-7-17(2,9-16)11-18(8-12,10-16)15(20-3)13-4-5-14(19)21-13/h4-5,12,15,20H,6-11H2,1-3H3. The van der Waals surface area contributed by atoms with Gasteiger partial charge in [0, 0.05) is 10.9 Å². The van der Waals surface area contributed by atoms with Crippen molar-refractivity contribution in [1.29, 1.82) is 0 Å². The second kappa shape index (κ2) is 4.49. The molecule has 0 spiro atoms. The van der Waals surface area contributed by atoms with E-state index in [4.69, 9.17) is 11.6 Å². The summed E-state index contributed by atoms with van der Waals surface area (Å²) in [5.74, 6) is 0.947. The maximum absolute atomic E-state index is 6.21. The van der Waals surface area contributed by atoms with E-state index in [0.29, 0.717) is 22.3 Å². The Morgan fingerprint density at radius 2 is 1.81 bits per heavy atom. The van der Waals surface area contributed by atoms with Crippen molar-refractivity contribution in [3.8, 4) is 0 Å². The van der Waals surface area contributed by atoms with Crippen molar-refractivity contribution in [3.05, 3.63) is 21.3 Å². The average Bonchev–Trinajstić information content (AvgIpc) is 2.71. The first-order valence-corrected chi connectivity index (χ1v) is 9.48. The molecule has 1 aromatic heterocycles. The van der Waals surface area contributed by atoms with Crippen LogP contribution in [0.3, 0.4) is 0 Å². The van der Waals surface area contributed by atoms with Gasteiger partial charge in [0.25, 0.3) is 0 Å². The highest BCUT2D eigenvalue weighted by Gasteiger charge is 2.62. The maximum Gasteiger partial charge on any atom is 0.0931 e.